The molecule has 1 aromatic rings. The first kappa shape index (κ1) is 35.6. The molecular weight excluding hydrogens is 616 g/mol. The number of carbonyl (C=O) groups excluding carboxylic acids is 4. The molecule has 46 heavy (non-hydrogen) atoms. The Hall–Kier alpha value is -3.23. The standard InChI is InChI=1S/C32H48N4O9S/c1-32(2,3)45-31(41)36-16-14-21(23-11-7-8-12-26(23)36)19-27(37)34-24(17-20-9-5-4-6-10-20)29(39)35-25(30(40)46(42,43)44)18-22-13-15-33-28(22)38/h7-8,11-12,20-22,24-25,30,40H,4-6,9-10,13-19H2,1-3H3,(H,33,38)(H,34,37)(H,35,39)(H,42,43,44)/t21?,22-,24-,25-,30?/m0/s1. The Morgan fingerprint density at radius 3 is 2.35 bits per heavy atom. The number of aliphatic hydroxyl groups excluding tert-OH is 1. The monoisotopic (exact) mass is 664 g/mol. The van der Waals surface area contributed by atoms with Crippen molar-refractivity contribution in [1.29, 1.82) is 0 Å². The average molecular weight is 665 g/mol. The second-order valence-electron chi connectivity index (χ2n) is 13.8. The fraction of sp³-hybridized carbons (Fsp3) is 0.688. The third kappa shape index (κ3) is 9.64. The molecule has 1 aromatic carbocycles. The Morgan fingerprint density at radius 2 is 1.72 bits per heavy atom. The Bertz CT molecular complexity index is 1370. The quantitative estimate of drug-likeness (QED) is 0.221. The van der Waals surface area contributed by atoms with Gasteiger partial charge in [0.05, 0.1) is 11.7 Å². The van der Waals surface area contributed by atoms with E-state index in [0.717, 1.165) is 37.7 Å². The molecule has 1 aliphatic carbocycles. The molecule has 2 aliphatic heterocycles. The van der Waals surface area contributed by atoms with E-state index in [4.69, 9.17) is 4.74 Å². The number of para-hydroxylation sites is 1. The van der Waals surface area contributed by atoms with Gasteiger partial charge in [-0.15, -0.1) is 0 Å². The third-order valence-electron chi connectivity index (χ3n) is 9.04. The van der Waals surface area contributed by atoms with Crippen molar-refractivity contribution >= 4 is 39.6 Å². The number of rotatable bonds is 11. The molecule has 3 aliphatic rings. The van der Waals surface area contributed by atoms with E-state index in [2.05, 4.69) is 16.0 Å². The number of hydrogen-bond donors (Lipinski definition) is 5. The number of fused-ring (bicyclic) bond motifs is 1. The molecule has 2 heterocycles. The van der Waals surface area contributed by atoms with Crippen LogP contribution in [-0.2, 0) is 29.2 Å². The Labute approximate surface area is 270 Å². The smallest absolute Gasteiger partial charge is 0.414 e. The lowest BCUT2D eigenvalue weighted by Gasteiger charge is -2.35. The van der Waals surface area contributed by atoms with Crippen molar-refractivity contribution in [3.05, 3.63) is 29.8 Å². The van der Waals surface area contributed by atoms with Crippen molar-refractivity contribution < 1.29 is 42.0 Å². The van der Waals surface area contributed by atoms with Crippen molar-refractivity contribution in [2.45, 2.75) is 114 Å². The number of amides is 4. The molecule has 1 saturated carbocycles. The number of hydrogen-bond acceptors (Lipinski definition) is 8. The van der Waals surface area contributed by atoms with Gasteiger partial charge in [0.15, 0.2) is 0 Å². The van der Waals surface area contributed by atoms with Crippen LogP contribution >= 0.6 is 0 Å². The van der Waals surface area contributed by atoms with E-state index < -0.39 is 51.2 Å². The zero-order valence-electron chi connectivity index (χ0n) is 26.9. The van der Waals surface area contributed by atoms with Gasteiger partial charge in [-0.3, -0.25) is 23.8 Å². The number of aliphatic hydroxyl groups is 1. The topological polar surface area (TPSA) is 191 Å². The van der Waals surface area contributed by atoms with E-state index in [-0.39, 0.29) is 36.5 Å². The minimum Gasteiger partial charge on any atom is -0.443 e. The van der Waals surface area contributed by atoms with Gasteiger partial charge < -0.3 is 25.8 Å². The lowest BCUT2D eigenvalue weighted by Crippen LogP contribution is -2.55. The molecule has 13 nitrogen and oxygen atoms in total. The molecule has 4 rings (SSSR count). The number of benzene rings is 1. The van der Waals surface area contributed by atoms with E-state index in [9.17, 15) is 37.3 Å². The summed E-state index contributed by atoms with van der Waals surface area (Å²) in [4.78, 5) is 53.9. The van der Waals surface area contributed by atoms with Crippen LogP contribution in [0.2, 0.25) is 0 Å². The Balaban J connectivity index is 1.49. The molecule has 2 unspecified atom stereocenters. The predicted octanol–water partition coefficient (Wildman–Crippen LogP) is 2.98. The van der Waals surface area contributed by atoms with Crippen LogP contribution in [0.15, 0.2) is 24.3 Å². The molecule has 14 heteroatoms. The minimum atomic E-state index is -4.97. The minimum absolute atomic E-state index is 0.0485. The first-order valence-corrected chi connectivity index (χ1v) is 17.7. The average Bonchev–Trinajstić information content (AvgIpc) is 3.39. The first-order chi connectivity index (χ1) is 21.6. The van der Waals surface area contributed by atoms with Crippen LogP contribution in [0.3, 0.4) is 0 Å². The maximum atomic E-state index is 13.7. The van der Waals surface area contributed by atoms with Gasteiger partial charge in [-0.2, -0.15) is 8.42 Å². The zero-order valence-corrected chi connectivity index (χ0v) is 27.7. The van der Waals surface area contributed by atoms with E-state index in [1.807, 2.05) is 24.3 Å². The molecule has 0 bridgehead atoms. The predicted molar refractivity (Wildman–Crippen MR) is 170 cm³/mol. The maximum Gasteiger partial charge on any atom is 0.414 e. The van der Waals surface area contributed by atoms with Gasteiger partial charge in [0, 0.05) is 25.4 Å². The summed E-state index contributed by atoms with van der Waals surface area (Å²) < 4.78 is 38.9. The van der Waals surface area contributed by atoms with Crippen LogP contribution < -0.4 is 20.9 Å². The lowest BCUT2D eigenvalue weighted by molar-refractivity contribution is -0.130. The van der Waals surface area contributed by atoms with E-state index in [1.165, 1.54) is 0 Å². The van der Waals surface area contributed by atoms with Gasteiger partial charge in [0.1, 0.15) is 11.6 Å². The van der Waals surface area contributed by atoms with Gasteiger partial charge in [-0.05, 0) is 69.9 Å². The number of anilines is 1. The normalized spacial score (nSPS) is 22.6. The third-order valence-corrected chi connectivity index (χ3v) is 9.98. The zero-order chi connectivity index (χ0) is 33.6. The van der Waals surface area contributed by atoms with Crippen LogP contribution in [0.4, 0.5) is 10.5 Å². The highest BCUT2D eigenvalue weighted by Crippen LogP contribution is 2.38. The number of carbonyl (C=O) groups is 4. The van der Waals surface area contributed by atoms with Crippen LogP contribution in [0.1, 0.15) is 96.5 Å². The van der Waals surface area contributed by atoms with E-state index in [1.54, 1.807) is 25.7 Å². The molecule has 5 N–H and O–H groups in total. The van der Waals surface area contributed by atoms with Gasteiger partial charge in [0.2, 0.25) is 23.2 Å². The van der Waals surface area contributed by atoms with E-state index >= 15 is 0 Å². The van der Waals surface area contributed by atoms with Crippen molar-refractivity contribution in [3.63, 3.8) is 0 Å². The summed E-state index contributed by atoms with van der Waals surface area (Å²) in [6.07, 6.45) is 5.45. The second-order valence-corrected chi connectivity index (χ2v) is 15.3. The molecule has 0 radical (unpaired) electrons. The highest BCUT2D eigenvalue weighted by molar-refractivity contribution is 7.86. The summed E-state index contributed by atoms with van der Waals surface area (Å²) in [5.74, 6) is -2.13. The van der Waals surface area contributed by atoms with Crippen LogP contribution in [-0.4, -0.2) is 78.1 Å². The second kappa shape index (κ2) is 15.1. The van der Waals surface area contributed by atoms with Crippen molar-refractivity contribution in [1.82, 2.24) is 16.0 Å². The Kier molecular flexibility index (Phi) is 11.7. The van der Waals surface area contributed by atoms with Gasteiger partial charge in [-0.25, -0.2) is 4.79 Å². The Morgan fingerprint density at radius 1 is 1.02 bits per heavy atom. The molecule has 2 fully saturated rings. The van der Waals surface area contributed by atoms with Crippen LogP contribution in [0.25, 0.3) is 0 Å². The van der Waals surface area contributed by atoms with Gasteiger partial charge in [0.25, 0.3) is 10.1 Å². The highest BCUT2D eigenvalue weighted by Gasteiger charge is 2.39. The molecule has 4 amide bonds. The highest BCUT2D eigenvalue weighted by atomic mass is 32.2. The number of nitrogens with zero attached hydrogens (tertiary/aromatic N) is 1. The molecule has 0 spiro atoms. The van der Waals surface area contributed by atoms with E-state index in [0.29, 0.717) is 38.0 Å². The summed E-state index contributed by atoms with van der Waals surface area (Å²) in [6.45, 7) is 6.12. The van der Waals surface area contributed by atoms with Crippen molar-refractivity contribution in [2.75, 3.05) is 18.0 Å². The van der Waals surface area contributed by atoms with Crippen molar-refractivity contribution in [3.8, 4) is 0 Å². The molecule has 1 saturated heterocycles. The largest absolute Gasteiger partial charge is 0.443 e. The molecule has 0 aromatic heterocycles. The summed E-state index contributed by atoms with van der Waals surface area (Å²) in [6, 6.07) is 4.85. The fourth-order valence-corrected chi connectivity index (χ4v) is 7.33. The number of ether oxygens (including phenoxy) is 1. The summed E-state index contributed by atoms with van der Waals surface area (Å²) >= 11 is 0. The SMILES string of the molecule is CC(C)(C)OC(=O)N1CCC(CC(=O)N[C@@H](CC2CCCCC2)C(=O)N[C@@H](C[C@@H]2CCNC2=O)C(O)S(=O)(=O)O)c2ccccc21. The summed E-state index contributed by atoms with van der Waals surface area (Å²) in [5, 5.41) is 18.5. The van der Waals surface area contributed by atoms with Crippen LogP contribution in [0.5, 0.6) is 0 Å². The first-order valence-electron chi connectivity index (χ1n) is 16.2. The fourth-order valence-electron chi connectivity index (χ4n) is 6.74. The van der Waals surface area contributed by atoms with Crippen LogP contribution in [0, 0.1) is 11.8 Å². The van der Waals surface area contributed by atoms with Gasteiger partial charge in [-0.1, -0.05) is 50.3 Å². The molecular formula is C32H48N4O9S. The number of nitrogens with one attached hydrogen (secondary N) is 3. The van der Waals surface area contributed by atoms with Crippen molar-refractivity contribution in [2.24, 2.45) is 11.8 Å². The summed E-state index contributed by atoms with van der Waals surface area (Å²) in [5.41, 5.74) is -1.54. The molecule has 5 atom stereocenters. The molecule has 256 valence electrons. The summed E-state index contributed by atoms with van der Waals surface area (Å²) in [7, 11) is -4.97. The maximum absolute atomic E-state index is 13.7. The van der Waals surface area contributed by atoms with Gasteiger partial charge >= 0.3 is 6.09 Å². The lowest BCUT2D eigenvalue weighted by atomic mass is 9.84.